The van der Waals surface area contributed by atoms with Crippen LogP contribution in [0.15, 0.2) is 16.9 Å². The Kier molecular flexibility index (Phi) is 2.28. The minimum atomic E-state index is -1.07. The van der Waals surface area contributed by atoms with Gasteiger partial charge in [0.2, 0.25) is 5.56 Å². The highest BCUT2D eigenvalue weighted by molar-refractivity contribution is 5.87. The lowest BCUT2D eigenvalue weighted by Crippen LogP contribution is -2.11. The van der Waals surface area contributed by atoms with Crippen molar-refractivity contribution in [3.8, 4) is 0 Å². The number of H-pyrrole nitrogens is 1. The van der Waals surface area contributed by atoms with Gasteiger partial charge in [0.1, 0.15) is 0 Å². The molecule has 12 heavy (non-hydrogen) atoms. The number of carboxylic acids is 1. The molecule has 0 saturated carbocycles. The van der Waals surface area contributed by atoms with Crippen molar-refractivity contribution in [3.05, 3.63) is 33.7 Å². The minimum absolute atomic E-state index is 0.0376. The van der Waals surface area contributed by atoms with Gasteiger partial charge in [-0.05, 0) is 12.5 Å². The Bertz CT molecular complexity index is 354. The van der Waals surface area contributed by atoms with E-state index in [0.29, 0.717) is 12.1 Å². The van der Waals surface area contributed by atoms with Crippen LogP contribution in [0.5, 0.6) is 0 Å². The second-order valence-electron chi connectivity index (χ2n) is 2.42. The van der Waals surface area contributed by atoms with Gasteiger partial charge in [0, 0.05) is 11.8 Å². The third-order valence-electron chi connectivity index (χ3n) is 1.53. The van der Waals surface area contributed by atoms with E-state index < -0.39 is 5.97 Å². The molecule has 64 valence electrons. The number of pyridine rings is 1. The highest BCUT2D eigenvalue weighted by Gasteiger charge is 2.04. The van der Waals surface area contributed by atoms with E-state index in [0.717, 1.165) is 6.07 Å². The van der Waals surface area contributed by atoms with Crippen LogP contribution in [0.25, 0.3) is 0 Å². The number of carboxylic acid groups (broad SMARTS) is 1. The molecule has 2 N–H and O–H groups in total. The summed E-state index contributed by atoms with van der Waals surface area (Å²) in [7, 11) is 0. The highest BCUT2D eigenvalue weighted by Crippen LogP contribution is 1.98. The lowest BCUT2D eigenvalue weighted by atomic mass is 10.2. The van der Waals surface area contributed by atoms with Crippen molar-refractivity contribution in [1.29, 1.82) is 0 Å². The van der Waals surface area contributed by atoms with Gasteiger partial charge < -0.3 is 10.1 Å². The fraction of sp³-hybridized carbons (Fsp3) is 0.250. The van der Waals surface area contributed by atoms with Crippen LogP contribution in [0.1, 0.15) is 23.0 Å². The van der Waals surface area contributed by atoms with Gasteiger partial charge in [0.25, 0.3) is 0 Å². The molecule has 0 aliphatic heterocycles. The molecule has 0 saturated heterocycles. The molecule has 0 radical (unpaired) electrons. The minimum Gasteiger partial charge on any atom is -0.478 e. The van der Waals surface area contributed by atoms with E-state index in [-0.39, 0.29) is 11.1 Å². The van der Waals surface area contributed by atoms with Crippen LogP contribution in [0.3, 0.4) is 0 Å². The predicted octanol–water partition coefficient (Wildman–Crippen LogP) is 0.635. The summed E-state index contributed by atoms with van der Waals surface area (Å²) in [6.45, 7) is 1.84. The number of aromatic carboxylic acids is 1. The maximum Gasteiger partial charge on any atom is 0.335 e. The zero-order chi connectivity index (χ0) is 9.14. The third kappa shape index (κ3) is 1.72. The number of aromatic amines is 1. The summed E-state index contributed by atoms with van der Waals surface area (Å²) in [6.07, 6.45) is 0.621. The molecule has 0 spiro atoms. The number of nitrogens with one attached hydrogen (secondary N) is 1. The maximum atomic E-state index is 10.9. The van der Waals surface area contributed by atoms with Crippen molar-refractivity contribution in [1.82, 2.24) is 4.98 Å². The van der Waals surface area contributed by atoms with Crippen molar-refractivity contribution in [2.75, 3.05) is 0 Å². The highest BCUT2D eigenvalue weighted by atomic mass is 16.4. The summed E-state index contributed by atoms with van der Waals surface area (Å²) in [6, 6.07) is 2.53. The monoisotopic (exact) mass is 167 g/mol. The molecule has 0 aliphatic rings. The van der Waals surface area contributed by atoms with Gasteiger partial charge in [-0.3, -0.25) is 4.79 Å². The smallest absolute Gasteiger partial charge is 0.335 e. The first-order chi connectivity index (χ1) is 5.63. The fourth-order valence-corrected chi connectivity index (χ4v) is 0.915. The lowest BCUT2D eigenvalue weighted by Gasteiger charge is -1.97. The number of hydrogen-bond acceptors (Lipinski definition) is 2. The van der Waals surface area contributed by atoms with Gasteiger partial charge in [-0.15, -0.1) is 0 Å². The van der Waals surface area contributed by atoms with Crippen LogP contribution >= 0.6 is 0 Å². The van der Waals surface area contributed by atoms with Crippen molar-refractivity contribution in [2.45, 2.75) is 13.3 Å². The van der Waals surface area contributed by atoms with Crippen molar-refractivity contribution < 1.29 is 9.90 Å². The lowest BCUT2D eigenvalue weighted by molar-refractivity contribution is 0.0696. The van der Waals surface area contributed by atoms with Crippen LogP contribution in [0.2, 0.25) is 0 Å². The Labute approximate surface area is 68.9 Å². The number of aromatic nitrogens is 1. The number of rotatable bonds is 2. The molecule has 1 aromatic rings. The molecule has 1 rings (SSSR count). The maximum absolute atomic E-state index is 10.9. The second kappa shape index (κ2) is 3.21. The van der Waals surface area contributed by atoms with Gasteiger partial charge in [-0.1, -0.05) is 6.92 Å². The Morgan fingerprint density at radius 2 is 2.25 bits per heavy atom. The van der Waals surface area contributed by atoms with Gasteiger partial charge >= 0.3 is 5.97 Å². The Morgan fingerprint density at radius 3 is 2.75 bits per heavy atom. The molecule has 1 aromatic heterocycles. The summed E-state index contributed by atoms with van der Waals surface area (Å²) in [5, 5.41) is 8.58. The van der Waals surface area contributed by atoms with Crippen molar-refractivity contribution in [2.24, 2.45) is 0 Å². The number of aryl methyl sites for hydroxylation is 1. The summed E-state index contributed by atoms with van der Waals surface area (Å²) < 4.78 is 0. The molecule has 0 bridgehead atoms. The fourth-order valence-electron chi connectivity index (χ4n) is 0.915. The first-order valence-corrected chi connectivity index (χ1v) is 3.60. The number of hydrogen-bond donors (Lipinski definition) is 2. The first kappa shape index (κ1) is 8.52. The van der Waals surface area contributed by atoms with Crippen LogP contribution in [0.4, 0.5) is 0 Å². The molecule has 0 aromatic carbocycles. The molecule has 4 heteroatoms. The summed E-state index contributed by atoms with van der Waals surface area (Å²) in [5.41, 5.74) is 0.308. The molecular formula is C8H9NO3. The van der Waals surface area contributed by atoms with Crippen LogP contribution in [-0.2, 0) is 6.42 Å². The third-order valence-corrected chi connectivity index (χ3v) is 1.53. The Hall–Kier alpha value is -1.58. The zero-order valence-electron chi connectivity index (χ0n) is 6.63. The molecule has 0 fully saturated rings. The Morgan fingerprint density at radius 1 is 1.58 bits per heavy atom. The van der Waals surface area contributed by atoms with E-state index in [1.807, 2.05) is 6.92 Å². The van der Waals surface area contributed by atoms with E-state index in [9.17, 15) is 9.59 Å². The van der Waals surface area contributed by atoms with Crippen LogP contribution in [-0.4, -0.2) is 16.1 Å². The topological polar surface area (TPSA) is 70.2 Å². The molecule has 4 nitrogen and oxygen atoms in total. The molecule has 0 unspecified atom stereocenters. The quantitative estimate of drug-likeness (QED) is 0.678. The molecule has 0 atom stereocenters. The molecule has 1 heterocycles. The number of carbonyl (C=O) groups is 1. The van der Waals surface area contributed by atoms with Gasteiger partial charge in [-0.2, -0.15) is 0 Å². The van der Waals surface area contributed by atoms with E-state index in [1.165, 1.54) is 6.07 Å². The van der Waals surface area contributed by atoms with Gasteiger partial charge in [0.05, 0.1) is 5.56 Å². The zero-order valence-corrected chi connectivity index (χ0v) is 6.63. The van der Waals surface area contributed by atoms with E-state index in [4.69, 9.17) is 5.11 Å². The largest absolute Gasteiger partial charge is 0.478 e. The normalized spacial score (nSPS) is 9.75. The van der Waals surface area contributed by atoms with Gasteiger partial charge in [0.15, 0.2) is 0 Å². The van der Waals surface area contributed by atoms with Crippen LogP contribution in [0, 0.1) is 0 Å². The predicted molar refractivity (Wildman–Crippen MR) is 43.4 cm³/mol. The average molecular weight is 167 g/mol. The van der Waals surface area contributed by atoms with E-state index in [2.05, 4.69) is 4.98 Å². The van der Waals surface area contributed by atoms with Gasteiger partial charge in [-0.25, -0.2) is 4.79 Å². The van der Waals surface area contributed by atoms with E-state index >= 15 is 0 Å². The van der Waals surface area contributed by atoms with E-state index in [1.54, 1.807) is 0 Å². The van der Waals surface area contributed by atoms with Crippen molar-refractivity contribution in [3.63, 3.8) is 0 Å². The molecule has 0 amide bonds. The molecular weight excluding hydrogens is 158 g/mol. The average Bonchev–Trinajstić information content (AvgIpc) is 2.03. The Balaban J connectivity index is 3.24. The van der Waals surface area contributed by atoms with Crippen LogP contribution < -0.4 is 5.56 Å². The first-order valence-electron chi connectivity index (χ1n) is 3.60. The summed E-state index contributed by atoms with van der Waals surface area (Å²) in [4.78, 5) is 23.9. The summed E-state index contributed by atoms with van der Waals surface area (Å²) in [5.74, 6) is -1.07. The second-order valence-corrected chi connectivity index (χ2v) is 2.42. The molecule has 0 aliphatic carbocycles. The SMILES string of the molecule is CCc1cc(C(=O)O)cc(=O)[nH]1. The van der Waals surface area contributed by atoms with Crippen molar-refractivity contribution >= 4 is 5.97 Å². The standard InChI is InChI=1S/C8H9NO3/c1-2-6-3-5(8(11)12)4-7(10)9-6/h3-4H,2H2,1H3,(H,9,10)(H,11,12). The summed E-state index contributed by atoms with van der Waals surface area (Å²) >= 11 is 0.